The molecule has 4 nitrogen and oxygen atoms in total. The largest absolute Gasteiger partial charge is 0.458 e. The smallest absolute Gasteiger partial charge is 0.338 e. The van der Waals surface area contributed by atoms with Gasteiger partial charge in [-0.25, -0.2) is 9.59 Å². The Labute approximate surface area is 218 Å². The molecule has 0 bridgehead atoms. The first-order chi connectivity index (χ1) is 17.5. The Hall–Kier alpha value is -2.62. The lowest BCUT2D eigenvalue weighted by molar-refractivity contribution is -0.0377. The highest BCUT2D eigenvalue weighted by atomic mass is 16.6. The number of ether oxygens (including phenoxy) is 2. The minimum absolute atomic E-state index is 0.0504. The molecule has 0 heterocycles. The fourth-order valence-electron chi connectivity index (χ4n) is 4.68. The van der Waals surface area contributed by atoms with Gasteiger partial charge in [-0.15, -0.1) is 0 Å². The Bertz CT molecular complexity index is 827. The summed E-state index contributed by atoms with van der Waals surface area (Å²) >= 11 is 0. The molecule has 2 atom stereocenters. The standard InChI is InChI=1S/C32H46O4/c1-6-11-14-24-16-20-26(21-17-24)31(33)35-29(9-4)28(13-8-3)30(10-5)36-32(34)27-22-18-25(19-23-27)15-12-7-2/h16-23,28-30H,6-15H2,1-5H3. The molecule has 0 amide bonds. The third-order valence-corrected chi connectivity index (χ3v) is 6.92. The first-order valence-electron chi connectivity index (χ1n) is 14.1. The van der Waals surface area contributed by atoms with E-state index in [-0.39, 0.29) is 30.1 Å². The quantitative estimate of drug-likeness (QED) is 0.220. The molecule has 0 aliphatic rings. The summed E-state index contributed by atoms with van der Waals surface area (Å²) < 4.78 is 12.0. The summed E-state index contributed by atoms with van der Waals surface area (Å²) in [5.41, 5.74) is 3.61. The molecule has 0 fully saturated rings. The van der Waals surface area contributed by atoms with E-state index in [1.807, 2.05) is 62.4 Å². The Morgan fingerprint density at radius 1 is 0.611 bits per heavy atom. The van der Waals surface area contributed by atoms with E-state index in [9.17, 15) is 9.59 Å². The number of rotatable bonds is 16. The van der Waals surface area contributed by atoms with E-state index in [0.29, 0.717) is 24.0 Å². The van der Waals surface area contributed by atoms with Gasteiger partial charge in [-0.2, -0.15) is 0 Å². The van der Waals surface area contributed by atoms with Crippen molar-refractivity contribution in [3.8, 4) is 0 Å². The fourth-order valence-corrected chi connectivity index (χ4v) is 4.68. The maximum absolute atomic E-state index is 13.0. The van der Waals surface area contributed by atoms with Gasteiger partial charge in [0.2, 0.25) is 0 Å². The predicted octanol–water partition coefficient (Wildman–Crippen LogP) is 8.36. The van der Waals surface area contributed by atoms with Crippen LogP contribution in [-0.2, 0) is 22.3 Å². The van der Waals surface area contributed by atoms with Crippen molar-refractivity contribution in [1.29, 1.82) is 0 Å². The lowest BCUT2D eigenvalue weighted by Crippen LogP contribution is -2.37. The molecule has 0 saturated carbocycles. The van der Waals surface area contributed by atoms with E-state index in [1.54, 1.807) is 0 Å². The molecule has 0 spiro atoms. The van der Waals surface area contributed by atoms with Crippen LogP contribution < -0.4 is 0 Å². The Morgan fingerprint density at radius 3 is 1.31 bits per heavy atom. The first kappa shape index (κ1) is 29.6. The molecule has 0 aliphatic heterocycles. The van der Waals surface area contributed by atoms with Crippen LogP contribution in [0.5, 0.6) is 0 Å². The van der Waals surface area contributed by atoms with Crippen LogP contribution in [0.2, 0.25) is 0 Å². The van der Waals surface area contributed by atoms with Crippen LogP contribution in [0.15, 0.2) is 48.5 Å². The molecular weight excluding hydrogens is 448 g/mol. The lowest BCUT2D eigenvalue weighted by Gasteiger charge is -2.32. The molecule has 0 aromatic heterocycles. The van der Waals surface area contributed by atoms with Gasteiger partial charge in [0.05, 0.1) is 11.1 Å². The number of carbonyl (C=O) groups excluding carboxylic acids is 2. The van der Waals surface area contributed by atoms with Crippen LogP contribution in [0.3, 0.4) is 0 Å². The van der Waals surface area contributed by atoms with Gasteiger partial charge in [0.1, 0.15) is 12.2 Å². The third-order valence-electron chi connectivity index (χ3n) is 6.92. The molecule has 0 radical (unpaired) electrons. The molecule has 4 heteroatoms. The van der Waals surface area contributed by atoms with Crippen LogP contribution in [0, 0.1) is 5.92 Å². The highest BCUT2D eigenvalue weighted by molar-refractivity contribution is 5.90. The van der Waals surface area contributed by atoms with Crippen LogP contribution >= 0.6 is 0 Å². The van der Waals surface area contributed by atoms with Crippen molar-refractivity contribution in [1.82, 2.24) is 0 Å². The molecule has 0 aliphatic carbocycles. The van der Waals surface area contributed by atoms with Gasteiger partial charge in [0, 0.05) is 5.92 Å². The third kappa shape index (κ3) is 9.11. The monoisotopic (exact) mass is 494 g/mol. The Morgan fingerprint density at radius 2 is 1.00 bits per heavy atom. The van der Waals surface area contributed by atoms with Gasteiger partial charge in [-0.3, -0.25) is 0 Å². The predicted molar refractivity (Wildman–Crippen MR) is 147 cm³/mol. The normalized spacial score (nSPS) is 13.6. The van der Waals surface area contributed by atoms with E-state index in [1.165, 1.54) is 11.1 Å². The number of hydrogen-bond donors (Lipinski definition) is 0. The maximum Gasteiger partial charge on any atom is 0.338 e. The maximum atomic E-state index is 13.0. The summed E-state index contributed by atoms with van der Waals surface area (Å²) in [5.74, 6) is -0.673. The highest BCUT2D eigenvalue weighted by Gasteiger charge is 2.33. The van der Waals surface area contributed by atoms with Crippen molar-refractivity contribution in [2.24, 2.45) is 5.92 Å². The van der Waals surface area contributed by atoms with Crippen molar-refractivity contribution >= 4 is 11.9 Å². The average Bonchev–Trinajstić information content (AvgIpc) is 2.91. The lowest BCUT2D eigenvalue weighted by atomic mass is 9.88. The second-order valence-corrected chi connectivity index (χ2v) is 9.76. The van der Waals surface area contributed by atoms with E-state index < -0.39 is 0 Å². The second-order valence-electron chi connectivity index (χ2n) is 9.76. The summed E-state index contributed by atoms with van der Waals surface area (Å²) in [7, 11) is 0. The van der Waals surface area contributed by atoms with Crippen LogP contribution in [0.4, 0.5) is 0 Å². The molecule has 2 rings (SSSR count). The van der Waals surface area contributed by atoms with E-state index in [0.717, 1.165) is 51.4 Å². The fraction of sp³-hybridized carbons (Fsp3) is 0.562. The van der Waals surface area contributed by atoms with Gasteiger partial charge in [0.25, 0.3) is 0 Å². The number of aryl methyl sites for hydroxylation is 2. The zero-order chi connectivity index (χ0) is 26.3. The molecular formula is C32H46O4. The summed E-state index contributed by atoms with van der Waals surface area (Å²) in [6, 6.07) is 15.5. The van der Waals surface area contributed by atoms with Gasteiger partial charge in [-0.05, 0) is 80.3 Å². The van der Waals surface area contributed by atoms with Crippen molar-refractivity contribution in [3.05, 3.63) is 70.8 Å². The minimum atomic E-state index is -0.314. The van der Waals surface area contributed by atoms with Crippen molar-refractivity contribution in [2.75, 3.05) is 0 Å². The zero-order valence-electron chi connectivity index (χ0n) is 23.1. The summed E-state index contributed by atoms with van der Waals surface area (Å²) in [4.78, 5) is 26.0. The number of unbranched alkanes of at least 4 members (excludes halogenated alkanes) is 2. The van der Waals surface area contributed by atoms with Crippen LogP contribution in [0.1, 0.15) is 118 Å². The summed E-state index contributed by atoms with van der Waals surface area (Å²) in [5, 5.41) is 0. The molecule has 36 heavy (non-hydrogen) atoms. The topological polar surface area (TPSA) is 52.6 Å². The number of carbonyl (C=O) groups is 2. The van der Waals surface area contributed by atoms with Gasteiger partial charge >= 0.3 is 11.9 Å². The summed E-state index contributed by atoms with van der Waals surface area (Å²) in [6.45, 7) is 10.5. The Balaban J connectivity index is 2.09. The zero-order valence-corrected chi connectivity index (χ0v) is 23.1. The van der Waals surface area contributed by atoms with Gasteiger partial charge in [0.15, 0.2) is 0 Å². The minimum Gasteiger partial charge on any atom is -0.458 e. The van der Waals surface area contributed by atoms with Crippen LogP contribution in [0.25, 0.3) is 0 Å². The number of hydrogen-bond acceptors (Lipinski definition) is 4. The van der Waals surface area contributed by atoms with E-state index in [4.69, 9.17) is 9.47 Å². The van der Waals surface area contributed by atoms with E-state index >= 15 is 0 Å². The molecule has 2 aromatic rings. The van der Waals surface area contributed by atoms with Crippen molar-refractivity contribution in [2.45, 2.75) is 111 Å². The highest BCUT2D eigenvalue weighted by Crippen LogP contribution is 2.27. The SMILES string of the molecule is CCCCc1ccc(C(=O)OC(CC)C(CCC)C(CC)OC(=O)c2ccc(CCCC)cc2)cc1. The molecule has 2 aromatic carbocycles. The van der Waals surface area contributed by atoms with Crippen molar-refractivity contribution in [3.63, 3.8) is 0 Å². The molecule has 0 saturated heterocycles. The van der Waals surface area contributed by atoms with Crippen molar-refractivity contribution < 1.29 is 19.1 Å². The first-order valence-corrected chi connectivity index (χ1v) is 14.1. The van der Waals surface area contributed by atoms with Crippen LogP contribution in [-0.4, -0.2) is 24.1 Å². The van der Waals surface area contributed by atoms with Gasteiger partial charge < -0.3 is 9.47 Å². The number of benzene rings is 2. The average molecular weight is 495 g/mol. The van der Waals surface area contributed by atoms with E-state index in [2.05, 4.69) is 20.8 Å². The second kappa shape index (κ2) is 16.2. The number of esters is 2. The summed E-state index contributed by atoms with van der Waals surface area (Å²) in [6.07, 6.45) is 9.08. The molecule has 2 unspecified atom stereocenters. The Kier molecular flexibility index (Phi) is 13.3. The van der Waals surface area contributed by atoms with Gasteiger partial charge in [-0.1, -0.05) is 78.1 Å². The molecule has 0 N–H and O–H groups in total. The molecule has 198 valence electrons.